The van der Waals surface area contributed by atoms with Gasteiger partial charge in [-0.05, 0) is 44.7 Å². The molecule has 0 aliphatic carbocycles. The van der Waals surface area contributed by atoms with E-state index in [0.29, 0.717) is 5.75 Å². The molecule has 0 aliphatic rings. The van der Waals surface area contributed by atoms with Crippen LogP contribution in [0, 0.1) is 0 Å². The molecule has 132 valence electrons. The fourth-order valence-electron chi connectivity index (χ4n) is 2.94. The van der Waals surface area contributed by atoms with Crippen LogP contribution in [0.15, 0.2) is 18.2 Å². The third-order valence-corrected chi connectivity index (χ3v) is 4.45. The minimum absolute atomic E-state index is 0.123. The number of hydrogen-bond donors (Lipinski definition) is 2. The summed E-state index contributed by atoms with van der Waals surface area (Å²) in [7, 11) is 0. The molecule has 1 rings (SSSR count). The first kappa shape index (κ1) is 19.7. The Morgan fingerprint density at radius 3 is 1.96 bits per heavy atom. The first-order chi connectivity index (χ1) is 11.0. The maximum Gasteiger partial charge on any atom is 0.200 e. The van der Waals surface area contributed by atoms with E-state index in [2.05, 4.69) is 20.8 Å². The van der Waals surface area contributed by atoms with Crippen LogP contribution in [0.25, 0.3) is 0 Å². The number of phenolic OH excluding ortho intramolecular Hbond substituents is 2. The van der Waals surface area contributed by atoms with Gasteiger partial charge in [-0.25, -0.2) is 0 Å². The summed E-state index contributed by atoms with van der Waals surface area (Å²) in [5.41, 5.74) is -0.285. The fourth-order valence-corrected chi connectivity index (χ4v) is 2.94. The smallest absolute Gasteiger partial charge is 0.200 e. The molecule has 23 heavy (non-hydrogen) atoms. The van der Waals surface area contributed by atoms with E-state index in [0.717, 1.165) is 25.7 Å². The fraction of sp³-hybridized carbons (Fsp3) is 0.700. The molecule has 2 N–H and O–H groups in total. The average Bonchev–Trinajstić information content (AvgIpc) is 2.53. The van der Waals surface area contributed by atoms with Crippen molar-refractivity contribution in [2.24, 2.45) is 0 Å². The van der Waals surface area contributed by atoms with Crippen LogP contribution in [0.2, 0.25) is 0 Å². The van der Waals surface area contributed by atoms with Gasteiger partial charge >= 0.3 is 0 Å². The predicted molar refractivity (Wildman–Crippen MR) is 96.3 cm³/mol. The topological polar surface area (TPSA) is 49.7 Å². The van der Waals surface area contributed by atoms with Crippen LogP contribution in [-0.4, -0.2) is 15.8 Å². The van der Waals surface area contributed by atoms with Crippen LogP contribution in [0.5, 0.6) is 17.2 Å². The minimum atomic E-state index is -0.285. The molecule has 0 heterocycles. The molecule has 3 nitrogen and oxygen atoms in total. The van der Waals surface area contributed by atoms with Crippen molar-refractivity contribution in [3.63, 3.8) is 0 Å². The number of phenols is 2. The maximum absolute atomic E-state index is 10.0. The third kappa shape index (κ3) is 7.15. The number of para-hydroxylation sites is 1. The zero-order valence-corrected chi connectivity index (χ0v) is 15.1. The summed E-state index contributed by atoms with van der Waals surface area (Å²) < 4.78 is 6.16. The Morgan fingerprint density at radius 1 is 0.870 bits per heavy atom. The number of rotatable bonds is 12. The second-order valence-electron chi connectivity index (χ2n) is 6.80. The van der Waals surface area contributed by atoms with Crippen molar-refractivity contribution in [3.8, 4) is 17.2 Å². The van der Waals surface area contributed by atoms with E-state index < -0.39 is 0 Å². The van der Waals surface area contributed by atoms with Crippen molar-refractivity contribution in [2.75, 3.05) is 0 Å². The minimum Gasteiger partial charge on any atom is -0.504 e. The van der Waals surface area contributed by atoms with Crippen molar-refractivity contribution >= 4 is 0 Å². The number of unbranched alkanes of at least 4 members (excludes halogenated alkanes) is 6. The van der Waals surface area contributed by atoms with Crippen molar-refractivity contribution in [2.45, 2.75) is 90.6 Å². The van der Waals surface area contributed by atoms with Crippen molar-refractivity contribution in [3.05, 3.63) is 18.2 Å². The van der Waals surface area contributed by atoms with Gasteiger partial charge in [-0.2, -0.15) is 0 Å². The van der Waals surface area contributed by atoms with Gasteiger partial charge in [0.15, 0.2) is 11.5 Å². The Bertz CT molecular complexity index is 431. The molecule has 0 aromatic heterocycles. The van der Waals surface area contributed by atoms with Gasteiger partial charge in [0.05, 0.1) is 0 Å². The van der Waals surface area contributed by atoms with E-state index in [1.54, 1.807) is 12.1 Å². The van der Waals surface area contributed by atoms with Crippen molar-refractivity contribution in [1.82, 2.24) is 0 Å². The van der Waals surface area contributed by atoms with Gasteiger partial charge in [-0.1, -0.05) is 58.4 Å². The summed E-state index contributed by atoms with van der Waals surface area (Å²) in [6.07, 6.45) is 11.6. The summed E-state index contributed by atoms with van der Waals surface area (Å²) in [4.78, 5) is 0. The van der Waals surface area contributed by atoms with Gasteiger partial charge in [-0.3, -0.25) is 0 Å². The Hall–Kier alpha value is -1.38. The lowest BCUT2D eigenvalue weighted by Gasteiger charge is -2.31. The normalized spacial score (nSPS) is 11.6. The van der Waals surface area contributed by atoms with E-state index in [1.807, 2.05) is 0 Å². The molecule has 0 spiro atoms. The molecule has 0 fully saturated rings. The highest BCUT2D eigenvalue weighted by Gasteiger charge is 2.27. The number of aromatic hydroxyl groups is 2. The molecule has 0 unspecified atom stereocenters. The molecular formula is C20H34O3. The number of ether oxygens (including phenoxy) is 1. The third-order valence-electron chi connectivity index (χ3n) is 4.45. The van der Waals surface area contributed by atoms with Crippen molar-refractivity contribution in [1.29, 1.82) is 0 Å². The first-order valence-electron chi connectivity index (χ1n) is 9.22. The van der Waals surface area contributed by atoms with E-state index in [9.17, 15) is 10.2 Å². The second kappa shape index (κ2) is 10.4. The molecule has 0 saturated carbocycles. The molecule has 0 bridgehead atoms. The molecule has 3 heteroatoms. The van der Waals surface area contributed by atoms with Gasteiger partial charge in [0.2, 0.25) is 5.75 Å². The summed E-state index contributed by atoms with van der Waals surface area (Å²) in [6.45, 7) is 6.56. The molecule has 1 aromatic carbocycles. The summed E-state index contributed by atoms with van der Waals surface area (Å²) in [5, 5.41) is 19.7. The lowest BCUT2D eigenvalue weighted by Crippen LogP contribution is -2.32. The highest BCUT2D eigenvalue weighted by atomic mass is 16.5. The van der Waals surface area contributed by atoms with Gasteiger partial charge in [0.1, 0.15) is 5.60 Å². The molecule has 0 radical (unpaired) electrons. The Labute approximate surface area is 141 Å². The number of benzene rings is 1. The molecule has 1 aromatic rings. The van der Waals surface area contributed by atoms with Crippen LogP contribution in [0.1, 0.15) is 85.0 Å². The second-order valence-corrected chi connectivity index (χ2v) is 6.80. The Morgan fingerprint density at radius 2 is 1.43 bits per heavy atom. The number of hydrogen-bond acceptors (Lipinski definition) is 3. The van der Waals surface area contributed by atoms with Gasteiger partial charge in [0, 0.05) is 0 Å². The summed E-state index contributed by atoms with van der Waals surface area (Å²) in [6, 6.07) is 4.91. The highest BCUT2D eigenvalue weighted by Crippen LogP contribution is 2.38. The monoisotopic (exact) mass is 322 g/mol. The quantitative estimate of drug-likeness (QED) is 0.357. The molecule has 0 atom stereocenters. The Kier molecular flexibility index (Phi) is 8.90. The maximum atomic E-state index is 10.0. The zero-order chi connectivity index (χ0) is 17.1. The summed E-state index contributed by atoms with van der Waals surface area (Å²) >= 11 is 0. The van der Waals surface area contributed by atoms with Crippen LogP contribution in [0.3, 0.4) is 0 Å². The SMILES string of the molecule is CCCCCCC(C)(CCCCCC)Oc1cccc(O)c1O. The van der Waals surface area contributed by atoms with Crippen LogP contribution in [-0.2, 0) is 0 Å². The lowest BCUT2D eigenvalue weighted by molar-refractivity contribution is 0.0603. The predicted octanol–water partition coefficient (Wildman–Crippen LogP) is 6.18. The molecule has 0 amide bonds. The van der Waals surface area contributed by atoms with E-state index in [1.165, 1.54) is 44.6 Å². The lowest BCUT2D eigenvalue weighted by atomic mass is 9.91. The van der Waals surface area contributed by atoms with E-state index in [4.69, 9.17) is 4.74 Å². The molecular weight excluding hydrogens is 288 g/mol. The first-order valence-corrected chi connectivity index (χ1v) is 9.22. The van der Waals surface area contributed by atoms with Crippen molar-refractivity contribution < 1.29 is 14.9 Å². The average molecular weight is 322 g/mol. The van der Waals surface area contributed by atoms with Crippen LogP contribution >= 0.6 is 0 Å². The highest BCUT2D eigenvalue weighted by molar-refractivity contribution is 5.49. The molecule has 0 saturated heterocycles. The van der Waals surface area contributed by atoms with Crippen LogP contribution < -0.4 is 4.74 Å². The Balaban J connectivity index is 2.70. The standard InChI is InChI=1S/C20H34O3/c1-4-6-8-10-15-20(3,16-11-9-7-5-2)23-18-14-12-13-17(21)19(18)22/h12-14,21-22H,4-11,15-16H2,1-3H3. The zero-order valence-electron chi connectivity index (χ0n) is 15.1. The van der Waals surface area contributed by atoms with E-state index >= 15 is 0 Å². The summed E-state index contributed by atoms with van der Waals surface area (Å²) in [5.74, 6) is 0.112. The molecule has 0 aliphatic heterocycles. The van der Waals surface area contributed by atoms with E-state index in [-0.39, 0.29) is 17.1 Å². The van der Waals surface area contributed by atoms with Gasteiger partial charge in [0.25, 0.3) is 0 Å². The largest absolute Gasteiger partial charge is 0.504 e. The van der Waals surface area contributed by atoms with Crippen LogP contribution in [0.4, 0.5) is 0 Å². The van der Waals surface area contributed by atoms with Gasteiger partial charge < -0.3 is 14.9 Å². The van der Waals surface area contributed by atoms with Gasteiger partial charge in [-0.15, -0.1) is 0 Å².